The molecule has 33 heavy (non-hydrogen) atoms. The van der Waals surface area contributed by atoms with Crippen LogP contribution in [0.4, 0.5) is 0 Å². The van der Waals surface area contributed by atoms with Crippen LogP contribution in [0.25, 0.3) is 0 Å². The molecule has 0 aliphatic heterocycles. The first kappa shape index (κ1) is 25.6. The molecule has 0 atom stereocenters. The molecule has 0 radical (unpaired) electrons. The molecule has 0 bridgehead atoms. The second-order valence-electron chi connectivity index (χ2n) is 7.95. The van der Waals surface area contributed by atoms with Gasteiger partial charge in [-0.3, -0.25) is 9.59 Å². The molecule has 0 N–H and O–H groups in total. The van der Waals surface area contributed by atoms with Crippen molar-refractivity contribution in [3.63, 3.8) is 0 Å². The van der Waals surface area contributed by atoms with Crippen LogP contribution < -0.4 is 0 Å². The molecule has 0 aliphatic carbocycles. The van der Waals surface area contributed by atoms with Gasteiger partial charge in [-0.1, -0.05) is 54.6 Å². The van der Waals surface area contributed by atoms with Gasteiger partial charge in [-0.15, -0.1) is 26.3 Å². The van der Waals surface area contributed by atoms with Crippen molar-refractivity contribution in [2.24, 2.45) is 0 Å². The molecular formula is C29H34N2O2. The molecule has 0 aliphatic rings. The summed E-state index contributed by atoms with van der Waals surface area (Å²) in [7, 11) is 0. The van der Waals surface area contributed by atoms with Crippen LogP contribution in [-0.2, 0) is 6.42 Å². The zero-order valence-corrected chi connectivity index (χ0v) is 19.8. The predicted molar refractivity (Wildman–Crippen MR) is 138 cm³/mol. The average Bonchev–Trinajstić information content (AvgIpc) is 2.81. The lowest BCUT2D eigenvalue weighted by Gasteiger charge is -2.26. The molecule has 4 nitrogen and oxygen atoms in total. The van der Waals surface area contributed by atoms with Gasteiger partial charge in [0.25, 0.3) is 11.8 Å². The first-order chi connectivity index (χ1) is 15.9. The summed E-state index contributed by atoms with van der Waals surface area (Å²) in [5.41, 5.74) is 4.74. The molecule has 2 amide bonds. The van der Waals surface area contributed by atoms with E-state index >= 15 is 0 Å². The fraction of sp³-hybridized carbons (Fsp3) is 0.241. The van der Waals surface area contributed by atoms with E-state index in [4.69, 9.17) is 0 Å². The standard InChI is InChI=1S/C29H34N2O2/c1-7-16-30(17-8-2)28(32)26-21-25(20-24-14-12-11-13-15-24)27(23(6)22(26)5)29(33)31(18-9-3)19-10-4/h7-15,21H,1-4,16-20H2,5-6H3. The lowest BCUT2D eigenvalue weighted by molar-refractivity contribution is 0.0776. The Balaban J connectivity index is 2.69. The molecule has 0 unspecified atom stereocenters. The summed E-state index contributed by atoms with van der Waals surface area (Å²) in [6.45, 7) is 20.6. The van der Waals surface area contributed by atoms with Crippen molar-refractivity contribution in [1.82, 2.24) is 9.80 Å². The smallest absolute Gasteiger partial charge is 0.254 e. The van der Waals surface area contributed by atoms with E-state index in [0.29, 0.717) is 43.7 Å². The molecule has 0 fully saturated rings. The molecule has 2 aromatic rings. The number of nitrogens with zero attached hydrogens (tertiary/aromatic N) is 2. The highest BCUT2D eigenvalue weighted by molar-refractivity contribution is 6.02. The van der Waals surface area contributed by atoms with Crippen LogP contribution in [0.2, 0.25) is 0 Å². The number of benzene rings is 2. The third-order valence-corrected chi connectivity index (χ3v) is 5.64. The van der Waals surface area contributed by atoms with E-state index in [1.54, 1.807) is 34.1 Å². The second-order valence-corrected chi connectivity index (χ2v) is 7.95. The largest absolute Gasteiger partial charge is 0.331 e. The van der Waals surface area contributed by atoms with Crippen molar-refractivity contribution in [1.29, 1.82) is 0 Å². The van der Waals surface area contributed by atoms with E-state index in [0.717, 1.165) is 22.3 Å². The van der Waals surface area contributed by atoms with Crippen molar-refractivity contribution in [2.75, 3.05) is 26.2 Å². The lowest BCUT2D eigenvalue weighted by Crippen LogP contribution is -2.34. The second kappa shape index (κ2) is 12.4. The average molecular weight is 443 g/mol. The third kappa shape index (κ3) is 6.19. The molecule has 172 valence electrons. The van der Waals surface area contributed by atoms with Crippen LogP contribution in [0.5, 0.6) is 0 Å². The van der Waals surface area contributed by atoms with Crippen molar-refractivity contribution >= 4 is 11.8 Å². The fourth-order valence-electron chi connectivity index (χ4n) is 3.89. The summed E-state index contributed by atoms with van der Waals surface area (Å²) in [6.07, 6.45) is 7.37. The van der Waals surface area contributed by atoms with Gasteiger partial charge in [0.05, 0.1) is 0 Å². The van der Waals surface area contributed by atoms with Gasteiger partial charge < -0.3 is 9.80 Å². The topological polar surface area (TPSA) is 40.6 Å². The Bertz CT molecular complexity index is 1020. The highest BCUT2D eigenvalue weighted by Gasteiger charge is 2.26. The normalized spacial score (nSPS) is 10.2. The van der Waals surface area contributed by atoms with Gasteiger partial charge in [0, 0.05) is 37.3 Å². The van der Waals surface area contributed by atoms with E-state index in [1.807, 2.05) is 50.2 Å². The zero-order chi connectivity index (χ0) is 24.4. The van der Waals surface area contributed by atoms with E-state index < -0.39 is 0 Å². The van der Waals surface area contributed by atoms with Gasteiger partial charge in [-0.25, -0.2) is 0 Å². The Morgan fingerprint density at radius 3 is 1.73 bits per heavy atom. The molecular weight excluding hydrogens is 408 g/mol. The van der Waals surface area contributed by atoms with Gasteiger partial charge in [0.1, 0.15) is 0 Å². The maximum Gasteiger partial charge on any atom is 0.254 e. The zero-order valence-electron chi connectivity index (χ0n) is 19.8. The molecule has 2 rings (SSSR count). The van der Waals surface area contributed by atoms with Crippen LogP contribution in [0, 0.1) is 13.8 Å². The Hall–Kier alpha value is -3.66. The Labute approximate surface area is 198 Å². The Morgan fingerprint density at radius 1 is 0.758 bits per heavy atom. The number of amides is 2. The van der Waals surface area contributed by atoms with Crippen LogP contribution in [0.15, 0.2) is 87.0 Å². The summed E-state index contributed by atoms with van der Waals surface area (Å²) in [5, 5.41) is 0. The highest BCUT2D eigenvalue weighted by atomic mass is 16.2. The van der Waals surface area contributed by atoms with Gasteiger partial charge in [0.15, 0.2) is 0 Å². The minimum atomic E-state index is -0.0993. The van der Waals surface area contributed by atoms with E-state index in [1.165, 1.54) is 0 Å². The Morgan fingerprint density at radius 2 is 1.24 bits per heavy atom. The lowest BCUT2D eigenvalue weighted by atomic mass is 9.88. The van der Waals surface area contributed by atoms with E-state index in [-0.39, 0.29) is 11.8 Å². The van der Waals surface area contributed by atoms with Crippen LogP contribution in [-0.4, -0.2) is 47.8 Å². The quantitative estimate of drug-likeness (QED) is 0.406. The summed E-state index contributed by atoms with van der Waals surface area (Å²) in [5.74, 6) is -0.188. The molecule has 4 heteroatoms. The summed E-state index contributed by atoms with van der Waals surface area (Å²) < 4.78 is 0. The van der Waals surface area contributed by atoms with Crippen LogP contribution in [0.1, 0.15) is 43.0 Å². The molecule has 0 saturated carbocycles. The SMILES string of the molecule is C=CCN(CC=C)C(=O)c1cc(Cc2ccccc2)c(C(=O)N(CC=C)CC=C)c(C)c1C. The fourth-order valence-corrected chi connectivity index (χ4v) is 3.89. The number of carbonyl (C=O) groups excluding carboxylic acids is 2. The van der Waals surface area contributed by atoms with E-state index in [9.17, 15) is 9.59 Å². The highest BCUT2D eigenvalue weighted by Crippen LogP contribution is 2.27. The minimum Gasteiger partial charge on any atom is -0.331 e. The molecule has 2 aromatic carbocycles. The number of carbonyl (C=O) groups is 2. The van der Waals surface area contributed by atoms with Gasteiger partial charge >= 0.3 is 0 Å². The van der Waals surface area contributed by atoms with Crippen LogP contribution >= 0.6 is 0 Å². The van der Waals surface area contributed by atoms with Crippen LogP contribution in [0.3, 0.4) is 0 Å². The maximum atomic E-state index is 13.6. The summed E-state index contributed by atoms with van der Waals surface area (Å²) >= 11 is 0. The number of hydrogen-bond donors (Lipinski definition) is 0. The Kier molecular flexibility index (Phi) is 9.62. The van der Waals surface area contributed by atoms with Crippen molar-refractivity contribution < 1.29 is 9.59 Å². The van der Waals surface area contributed by atoms with Gasteiger partial charge in [0.2, 0.25) is 0 Å². The predicted octanol–water partition coefficient (Wildman–Crippen LogP) is 5.52. The first-order valence-corrected chi connectivity index (χ1v) is 11.1. The number of rotatable bonds is 12. The molecule has 0 aromatic heterocycles. The molecule has 0 heterocycles. The minimum absolute atomic E-state index is 0.0885. The third-order valence-electron chi connectivity index (χ3n) is 5.64. The number of hydrogen-bond acceptors (Lipinski definition) is 2. The monoisotopic (exact) mass is 442 g/mol. The molecule has 0 saturated heterocycles. The van der Waals surface area contributed by atoms with Gasteiger partial charge in [-0.05, 0) is 48.6 Å². The van der Waals surface area contributed by atoms with Crippen molar-refractivity contribution in [3.8, 4) is 0 Å². The first-order valence-electron chi connectivity index (χ1n) is 11.1. The summed E-state index contributed by atoms with van der Waals surface area (Å²) in [4.78, 5) is 30.5. The van der Waals surface area contributed by atoms with Crippen molar-refractivity contribution in [3.05, 3.63) is 120 Å². The maximum absolute atomic E-state index is 13.6. The van der Waals surface area contributed by atoms with Gasteiger partial charge in [-0.2, -0.15) is 0 Å². The van der Waals surface area contributed by atoms with E-state index in [2.05, 4.69) is 26.3 Å². The molecule has 0 spiro atoms. The summed E-state index contributed by atoms with van der Waals surface area (Å²) in [6, 6.07) is 11.8. The van der Waals surface area contributed by atoms with Crippen molar-refractivity contribution in [2.45, 2.75) is 20.3 Å².